The van der Waals surface area contributed by atoms with E-state index in [0.29, 0.717) is 29.9 Å². The fourth-order valence-electron chi connectivity index (χ4n) is 1.76. The number of amides is 1. The number of anilines is 1. The smallest absolute Gasteiger partial charge is 0.256 e. The van der Waals surface area contributed by atoms with Gasteiger partial charge in [-0.2, -0.15) is 0 Å². The quantitative estimate of drug-likeness (QED) is 0.824. The predicted molar refractivity (Wildman–Crippen MR) is 71.3 cm³/mol. The third-order valence-corrected chi connectivity index (χ3v) is 2.78. The lowest BCUT2D eigenvalue weighted by molar-refractivity contribution is 0.0692. The molecule has 1 amide bonds. The highest BCUT2D eigenvalue weighted by atomic mass is 16.3. The Morgan fingerprint density at radius 2 is 2.22 bits per heavy atom. The van der Waals surface area contributed by atoms with Gasteiger partial charge in [0.2, 0.25) is 0 Å². The van der Waals surface area contributed by atoms with Gasteiger partial charge in [-0.05, 0) is 33.3 Å². The molecule has 0 fully saturated rings. The van der Waals surface area contributed by atoms with Crippen LogP contribution in [-0.2, 0) is 0 Å². The molecular formula is C13H21N3O2. The van der Waals surface area contributed by atoms with Crippen LogP contribution in [0.1, 0.15) is 36.3 Å². The van der Waals surface area contributed by atoms with E-state index in [1.807, 2.05) is 13.8 Å². The number of nitrogen functional groups attached to an aromatic ring is 1. The molecule has 0 aromatic carbocycles. The van der Waals surface area contributed by atoms with Crippen LogP contribution in [0.25, 0.3) is 0 Å². The number of rotatable bonds is 5. The molecule has 0 bridgehead atoms. The second-order valence-electron chi connectivity index (χ2n) is 4.57. The zero-order chi connectivity index (χ0) is 13.7. The van der Waals surface area contributed by atoms with Gasteiger partial charge in [-0.15, -0.1) is 0 Å². The summed E-state index contributed by atoms with van der Waals surface area (Å²) in [5, 5.41) is 8.88. The summed E-state index contributed by atoms with van der Waals surface area (Å²) in [6, 6.07) is 1.73. The second kappa shape index (κ2) is 6.35. The van der Waals surface area contributed by atoms with Crippen LogP contribution in [0.5, 0.6) is 0 Å². The van der Waals surface area contributed by atoms with E-state index in [1.165, 1.54) is 0 Å². The lowest BCUT2D eigenvalue weighted by atomic mass is 10.1. The third kappa shape index (κ3) is 3.43. The number of carbonyl (C=O) groups excluding carboxylic acids is 1. The Bertz CT molecular complexity index is 419. The van der Waals surface area contributed by atoms with Crippen molar-refractivity contribution in [1.29, 1.82) is 0 Å². The lowest BCUT2D eigenvalue weighted by Gasteiger charge is -2.27. The molecule has 0 aliphatic rings. The molecule has 18 heavy (non-hydrogen) atoms. The second-order valence-corrected chi connectivity index (χ2v) is 4.57. The minimum Gasteiger partial charge on any atom is -0.397 e. The molecule has 5 nitrogen and oxygen atoms in total. The first-order chi connectivity index (χ1) is 8.47. The maximum Gasteiger partial charge on any atom is 0.256 e. The molecule has 1 aromatic rings. The van der Waals surface area contributed by atoms with Crippen LogP contribution >= 0.6 is 0 Å². The molecule has 1 aromatic heterocycles. The van der Waals surface area contributed by atoms with Crippen molar-refractivity contribution in [2.24, 2.45) is 0 Å². The van der Waals surface area contributed by atoms with Crippen molar-refractivity contribution in [3.63, 3.8) is 0 Å². The number of carbonyl (C=O) groups is 1. The van der Waals surface area contributed by atoms with Crippen LogP contribution in [-0.4, -0.2) is 40.1 Å². The van der Waals surface area contributed by atoms with Gasteiger partial charge in [0, 0.05) is 19.2 Å². The number of aryl methyl sites for hydroxylation is 1. The van der Waals surface area contributed by atoms with Crippen LogP contribution in [0.3, 0.4) is 0 Å². The number of aliphatic hydroxyl groups is 1. The van der Waals surface area contributed by atoms with Crippen LogP contribution in [0.4, 0.5) is 5.69 Å². The molecule has 0 radical (unpaired) electrons. The van der Waals surface area contributed by atoms with E-state index < -0.39 is 0 Å². The highest BCUT2D eigenvalue weighted by molar-refractivity contribution is 5.96. The van der Waals surface area contributed by atoms with Crippen molar-refractivity contribution < 1.29 is 9.90 Å². The van der Waals surface area contributed by atoms with Gasteiger partial charge in [0.1, 0.15) is 0 Å². The molecule has 1 rings (SSSR count). The van der Waals surface area contributed by atoms with Crippen molar-refractivity contribution in [3.8, 4) is 0 Å². The fourth-order valence-corrected chi connectivity index (χ4v) is 1.76. The summed E-state index contributed by atoms with van der Waals surface area (Å²) in [6.07, 6.45) is 2.11. The Labute approximate surface area is 108 Å². The Hall–Kier alpha value is -1.62. The van der Waals surface area contributed by atoms with E-state index in [1.54, 1.807) is 24.1 Å². The summed E-state index contributed by atoms with van der Waals surface area (Å²) in [6.45, 7) is 6.29. The van der Waals surface area contributed by atoms with E-state index in [9.17, 15) is 4.79 Å². The Morgan fingerprint density at radius 3 is 2.78 bits per heavy atom. The number of pyridine rings is 1. The summed E-state index contributed by atoms with van der Waals surface area (Å²) in [5.74, 6) is -0.0873. The molecule has 0 aliphatic heterocycles. The number of hydrogen-bond donors (Lipinski definition) is 2. The molecule has 0 aliphatic carbocycles. The van der Waals surface area contributed by atoms with Gasteiger partial charge in [0.15, 0.2) is 0 Å². The number of hydrogen-bond acceptors (Lipinski definition) is 4. The van der Waals surface area contributed by atoms with Gasteiger partial charge in [0.25, 0.3) is 5.91 Å². The SMILES string of the molecule is Cc1ncc(N)cc1C(=O)N(CCCO)C(C)C. The molecule has 0 atom stereocenters. The molecular weight excluding hydrogens is 230 g/mol. The highest BCUT2D eigenvalue weighted by Gasteiger charge is 2.20. The number of aromatic nitrogens is 1. The molecule has 0 spiro atoms. The Kier molecular flexibility index (Phi) is 5.09. The minimum atomic E-state index is -0.0873. The van der Waals surface area contributed by atoms with Crippen LogP contribution in [0.15, 0.2) is 12.3 Å². The summed E-state index contributed by atoms with van der Waals surface area (Å²) < 4.78 is 0. The van der Waals surface area contributed by atoms with Gasteiger partial charge < -0.3 is 15.7 Å². The summed E-state index contributed by atoms with van der Waals surface area (Å²) >= 11 is 0. The van der Waals surface area contributed by atoms with Crippen molar-refractivity contribution in [2.75, 3.05) is 18.9 Å². The van der Waals surface area contributed by atoms with Crippen molar-refractivity contribution in [3.05, 3.63) is 23.5 Å². The summed E-state index contributed by atoms with van der Waals surface area (Å²) in [4.78, 5) is 18.2. The topological polar surface area (TPSA) is 79.5 Å². The molecule has 0 saturated carbocycles. The average molecular weight is 251 g/mol. The third-order valence-electron chi connectivity index (χ3n) is 2.78. The predicted octanol–water partition coefficient (Wildman–Crippen LogP) is 1.21. The standard InChI is InChI=1S/C13H21N3O2/c1-9(2)16(5-4-6-17)13(18)12-7-11(14)8-15-10(12)3/h7-9,17H,4-6,14H2,1-3H3. The van der Waals surface area contributed by atoms with Gasteiger partial charge in [-0.1, -0.05) is 0 Å². The van der Waals surface area contributed by atoms with E-state index in [-0.39, 0.29) is 18.6 Å². The molecule has 5 heteroatoms. The molecule has 100 valence electrons. The molecule has 3 N–H and O–H groups in total. The zero-order valence-corrected chi connectivity index (χ0v) is 11.2. The molecule has 1 heterocycles. The van der Waals surface area contributed by atoms with Crippen molar-refractivity contribution in [1.82, 2.24) is 9.88 Å². The van der Waals surface area contributed by atoms with Gasteiger partial charge >= 0.3 is 0 Å². The summed E-state index contributed by atoms with van der Waals surface area (Å²) in [7, 11) is 0. The van der Waals surface area contributed by atoms with Gasteiger partial charge in [0.05, 0.1) is 23.1 Å². The number of nitrogens with zero attached hydrogens (tertiary/aromatic N) is 2. The lowest BCUT2D eigenvalue weighted by Crippen LogP contribution is -2.38. The van der Waals surface area contributed by atoms with Gasteiger partial charge in [-0.25, -0.2) is 0 Å². The summed E-state index contributed by atoms with van der Waals surface area (Å²) in [5.41, 5.74) is 7.35. The normalized spacial score (nSPS) is 10.7. The fraction of sp³-hybridized carbons (Fsp3) is 0.538. The van der Waals surface area contributed by atoms with Gasteiger partial charge in [-0.3, -0.25) is 9.78 Å². The number of nitrogens with two attached hydrogens (primary N) is 1. The van der Waals surface area contributed by atoms with Crippen molar-refractivity contribution >= 4 is 11.6 Å². The van der Waals surface area contributed by atoms with E-state index >= 15 is 0 Å². The van der Waals surface area contributed by atoms with E-state index in [0.717, 1.165) is 0 Å². The Morgan fingerprint density at radius 1 is 1.56 bits per heavy atom. The first-order valence-electron chi connectivity index (χ1n) is 6.11. The Balaban J connectivity index is 2.98. The number of aliphatic hydroxyl groups excluding tert-OH is 1. The first kappa shape index (κ1) is 14.4. The monoisotopic (exact) mass is 251 g/mol. The largest absolute Gasteiger partial charge is 0.397 e. The zero-order valence-electron chi connectivity index (χ0n) is 11.2. The molecule has 0 unspecified atom stereocenters. The van der Waals surface area contributed by atoms with Crippen LogP contribution < -0.4 is 5.73 Å². The van der Waals surface area contributed by atoms with Crippen LogP contribution in [0, 0.1) is 6.92 Å². The molecule has 0 saturated heterocycles. The maximum absolute atomic E-state index is 12.4. The average Bonchev–Trinajstić information content (AvgIpc) is 2.32. The van der Waals surface area contributed by atoms with E-state index in [2.05, 4.69) is 4.98 Å². The highest BCUT2D eigenvalue weighted by Crippen LogP contribution is 2.14. The maximum atomic E-state index is 12.4. The minimum absolute atomic E-state index is 0.0740. The first-order valence-corrected chi connectivity index (χ1v) is 6.11. The van der Waals surface area contributed by atoms with Crippen molar-refractivity contribution in [2.45, 2.75) is 33.2 Å². The van der Waals surface area contributed by atoms with Crippen LogP contribution in [0.2, 0.25) is 0 Å². The van der Waals surface area contributed by atoms with E-state index in [4.69, 9.17) is 10.8 Å².